The Balaban J connectivity index is 2.23. The molecule has 16 heavy (non-hydrogen) atoms. The molecule has 3 aromatic rings. The highest BCUT2D eigenvalue weighted by atomic mass is 15.0. The summed E-state index contributed by atoms with van der Waals surface area (Å²) in [5.41, 5.74) is 2.70. The Morgan fingerprint density at radius 1 is 1.06 bits per heavy atom. The zero-order chi connectivity index (χ0) is 11.0. The molecule has 0 saturated carbocycles. The highest BCUT2D eigenvalue weighted by Crippen LogP contribution is 2.19. The summed E-state index contributed by atoms with van der Waals surface area (Å²) in [6, 6.07) is 1.96. The minimum Gasteiger partial charge on any atom is -0.332 e. The summed E-state index contributed by atoms with van der Waals surface area (Å²) in [6.45, 7) is 0. The van der Waals surface area contributed by atoms with Gasteiger partial charge in [0.05, 0.1) is 35.6 Å². The van der Waals surface area contributed by atoms with E-state index in [4.69, 9.17) is 0 Å². The lowest BCUT2D eigenvalue weighted by atomic mass is 10.2. The molecular formula is C11H9N5. The summed E-state index contributed by atoms with van der Waals surface area (Å²) in [7, 11) is 1.94. The summed E-state index contributed by atoms with van der Waals surface area (Å²) in [5, 5.41) is 0.980. The number of fused-ring (bicyclic) bond motifs is 1. The molecule has 0 spiro atoms. The Morgan fingerprint density at radius 3 is 2.81 bits per heavy atom. The van der Waals surface area contributed by atoms with Crippen LogP contribution in [0.2, 0.25) is 0 Å². The highest BCUT2D eigenvalue weighted by molar-refractivity contribution is 5.80. The fourth-order valence-electron chi connectivity index (χ4n) is 1.63. The van der Waals surface area contributed by atoms with E-state index in [0.29, 0.717) is 0 Å². The lowest BCUT2D eigenvalue weighted by Gasteiger charge is -2.02. The molecule has 0 bridgehead atoms. The summed E-state index contributed by atoms with van der Waals surface area (Å²) >= 11 is 0. The van der Waals surface area contributed by atoms with Crippen molar-refractivity contribution >= 4 is 10.9 Å². The molecule has 0 aliphatic carbocycles. The average molecular weight is 211 g/mol. The van der Waals surface area contributed by atoms with Gasteiger partial charge in [-0.25, -0.2) is 15.0 Å². The van der Waals surface area contributed by atoms with Crippen molar-refractivity contribution in [2.24, 2.45) is 7.05 Å². The second-order valence-electron chi connectivity index (χ2n) is 3.54. The Bertz CT molecular complexity index is 643. The Kier molecular flexibility index (Phi) is 1.89. The number of hydrogen-bond donors (Lipinski definition) is 0. The van der Waals surface area contributed by atoms with Crippen molar-refractivity contribution in [2.45, 2.75) is 0 Å². The van der Waals surface area contributed by atoms with Gasteiger partial charge in [-0.3, -0.25) is 4.98 Å². The molecule has 3 rings (SSSR count). The molecule has 0 N–H and O–H groups in total. The lowest BCUT2D eigenvalue weighted by Crippen LogP contribution is -1.92. The van der Waals surface area contributed by atoms with Crippen LogP contribution in [-0.4, -0.2) is 24.5 Å². The number of aromatic nitrogens is 5. The number of nitrogens with zero attached hydrogens (tertiary/aromatic N) is 5. The van der Waals surface area contributed by atoms with Crippen LogP contribution in [0.4, 0.5) is 0 Å². The predicted molar refractivity (Wildman–Crippen MR) is 59.5 cm³/mol. The molecule has 78 valence electrons. The molecule has 0 unspecified atom stereocenters. The number of aryl methyl sites for hydroxylation is 1. The standard InChI is InChI=1S/C11H9N5/c1-16-7-13-5-11(16)9-2-8-3-12-6-15-10(8)4-14-9/h2-7H,1H3. The van der Waals surface area contributed by atoms with Gasteiger partial charge in [-0.05, 0) is 6.07 Å². The number of imidazole rings is 1. The number of rotatable bonds is 1. The fraction of sp³-hybridized carbons (Fsp3) is 0.0909. The molecular weight excluding hydrogens is 202 g/mol. The average Bonchev–Trinajstić information content (AvgIpc) is 2.75. The van der Waals surface area contributed by atoms with Crippen LogP contribution in [0, 0.1) is 0 Å². The van der Waals surface area contributed by atoms with E-state index in [2.05, 4.69) is 19.9 Å². The molecule has 0 aliphatic rings. The van der Waals surface area contributed by atoms with Gasteiger partial charge in [0, 0.05) is 18.6 Å². The van der Waals surface area contributed by atoms with E-state index >= 15 is 0 Å². The van der Waals surface area contributed by atoms with Crippen molar-refractivity contribution in [1.82, 2.24) is 24.5 Å². The Hall–Kier alpha value is -2.30. The van der Waals surface area contributed by atoms with E-state index in [9.17, 15) is 0 Å². The van der Waals surface area contributed by atoms with Gasteiger partial charge in [0.2, 0.25) is 0 Å². The largest absolute Gasteiger partial charge is 0.332 e. The van der Waals surface area contributed by atoms with Crippen LogP contribution in [0.3, 0.4) is 0 Å². The minimum atomic E-state index is 0.848. The lowest BCUT2D eigenvalue weighted by molar-refractivity contribution is 0.917. The molecule has 0 atom stereocenters. The number of pyridine rings is 1. The van der Waals surface area contributed by atoms with Gasteiger partial charge >= 0.3 is 0 Å². The molecule has 5 nitrogen and oxygen atoms in total. The van der Waals surface area contributed by atoms with Crippen molar-refractivity contribution < 1.29 is 0 Å². The van der Waals surface area contributed by atoms with E-state index in [1.165, 1.54) is 6.33 Å². The normalized spacial score (nSPS) is 10.8. The van der Waals surface area contributed by atoms with Crippen molar-refractivity contribution in [3.8, 4) is 11.4 Å². The fourth-order valence-corrected chi connectivity index (χ4v) is 1.63. The van der Waals surface area contributed by atoms with Crippen LogP contribution in [-0.2, 0) is 7.05 Å². The molecule has 0 aromatic carbocycles. The van der Waals surface area contributed by atoms with Crippen LogP contribution >= 0.6 is 0 Å². The van der Waals surface area contributed by atoms with Crippen LogP contribution in [0.1, 0.15) is 0 Å². The van der Waals surface area contributed by atoms with Crippen LogP contribution in [0.25, 0.3) is 22.3 Å². The van der Waals surface area contributed by atoms with Gasteiger partial charge in [0.15, 0.2) is 0 Å². The van der Waals surface area contributed by atoms with Crippen molar-refractivity contribution in [2.75, 3.05) is 0 Å². The maximum Gasteiger partial charge on any atom is 0.116 e. The molecule has 3 aromatic heterocycles. The predicted octanol–water partition coefficient (Wildman–Crippen LogP) is 1.43. The monoisotopic (exact) mass is 211 g/mol. The maximum atomic E-state index is 4.36. The molecule has 0 aliphatic heterocycles. The molecule has 0 saturated heterocycles. The second-order valence-corrected chi connectivity index (χ2v) is 3.54. The van der Waals surface area contributed by atoms with Gasteiger partial charge in [-0.2, -0.15) is 0 Å². The van der Waals surface area contributed by atoms with Gasteiger partial charge < -0.3 is 4.57 Å². The zero-order valence-electron chi connectivity index (χ0n) is 8.70. The van der Waals surface area contributed by atoms with Gasteiger partial charge in [0.25, 0.3) is 0 Å². The SMILES string of the molecule is Cn1cncc1-c1cc2cncnc2cn1. The van der Waals surface area contributed by atoms with E-state index in [-0.39, 0.29) is 0 Å². The first kappa shape index (κ1) is 8.96. The van der Waals surface area contributed by atoms with E-state index < -0.39 is 0 Å². The van der Waals surface area contributed by atoms with E-state index in [1.807, 2.05) is 17.7 Å². The van der Waals surface area contributed by atoms with Crippen LogP contribution in [0.15, 0.2) is 37.3 Å². The topological polar surface area (TPSA) is 56.5 Å². The molecule has 5 heteroatoms. The smallest absolute Gasteiger partial charge is 0.116 e. The number of hydrogen-bond acceptors (Lipinski definition) is 4. The quantitative estimate of drug-likeness (QED) is 0.611. The highest BCUT2D eigenvalue weighted by Gasteiger charge is 2.05. The molecule has 0 amide bonds. The third-order valence-electron chi connectivity index (χ3n) is 2.47. The van der Waals surface area contributed by atoms with Crippen LogP contribution in [0.5, 0.6) is 0 Å². The van der Waals surface area contributed by atoms with Crippen molar-refractivity contribution in [3.05, 3.63) is 37.3 Å². The zero-order valence-corrected chi connectivity index (χ0v) is 8.70. The summed E-state index contributed by atoms with van der Waals surface area (Å²) < 4.78 is 1.93. The van der Waals surface area contributed by atoms with Crippen molar-refractivity contribution in [1.29, 1.82) is 0 Å². The first-order valence-corrected chi connectivity index (χ1v) is 4.87. The Labute approximate surface area is 91.8 Å². The summed E-state index contributed by atoms with van der Waals surface area (Å²) in [5.74, 6) is 0. The third-order valence-corrected chi connectivity index (χ3v) is 2.47. The molecule has 0 radical (unpaired) electrons. The van der Waals surface area contributed by atoms with Crippen LogP contribution < -0.4 is 0 Å². The van der Waals surface area contributed by atoms with Gasteiger partial charge in [0.1, 0.15) is 6.33 Å². The summed E-state index contributed by atoms with van der Waals surface area (Å²) in [6.07, 6.45) is 8.59. The van der Waals surface area contributed by atoms with Gasteiger partial charge in [-0.1, -0.05) is 0 Å². The minimum absolute atomic E-state index is 0.848. The molecule has 0 fully saturated rings. The van der Waals surface area contributed by atoms with E-state index in [1.54, 1.807) is 24.9 Å². The first-order chi connectivity index (χ1) is 7.84. The van der Waals surface area contributed by atoms with E-state index in [0.717, 1.165) is 22.3 Å². The first-order valence-electron chi connectivity index (χ1n) is 4.87. The van der Waals surface area contributed by atoms with Crippen molar-refractivity contribution in [3.63, 3.8) is 0 Å². The maximum absolute atomic E-state index is 4.36. The summed E-state index contributed by atoms with van der Waals surface area (Å²) in [4.78, 5) is 16.6. The third kappa shape index (κ3) is 1.33. The molecule has 3 heterocycles. The van der Waals surface area contributed by atoms with Gasteiger partial charge in [-0.15, -0.1) is 0 Å². The second kappa shape index (κ2) is 3.37. The Morgan fingerprint density at radius 2 is 2.00 bits per heavy atom.